The minimum atomic E-state index is 0. The molecule has 0 radical (unpaired) electrons. The number of rotatable bonds is 0. The molecule has 0 amide bonds. The molecule has 0 N–H and O–H groups in total. The Morgan fingerprint density at radius 2 is 1.38 bits per heavy atom. The third kappa shape index (κ3) is 6.10. The molecule has 0 fully saturated rings. The van der Waals surface area contributed by atoms with E-state index < -0.39 is 0 Å². The quantitative estimate of drug-likeness (QED) is 0.508. The maximum absolute atomic E-state index is 3.00. The first kappa shape index (κ1) is 11.0. The van der Waals surface area contributed by atoms with E-state index in [1.807, 2.05) is 0 Å². The van der Waals surface area contributed by atoms with Crippen LogP contribution < -0.4 is 0 Å². The Labute approximate surface area is 70.1 Å². The molecule has 0 aliphatic heterocycles. The van der Waals surface area contributed by atoms with Gasteiger partial charge in [0.05, 0.1) is 0 Å². The third-order valence-electron chi connectivity index (χ3n) is 0.655. The first-order valence-corrected chi connectivity index (χ1v) is 2.32. The Balaban J connectivity index is 0. The van der Waals surface area contributed by atoms with Crippen molar-refractivity contribution in [3.63, 3.8) is 0 Å². The normalized spacial score (nSPS) is 11.5. The van der Waals surface area contributed by atoms with Gasteiger partial charge in [-0.2, -0.15) is 0 Å². The monoisotopic (exact) mass is 184 g/mol. The summed E-state index contributed by atoms with van der Waals surface area (Å²) in [5, 5.41) is 0. The first-order valence-electron chi connectivity index (χ1n) is 2.32. The van der Waals surface area contributed by atoms with Crippen LogP contribution in [0.3, 0.4) is 0 Å². The van der Waals surface area contributed by atoms with E-state index in [2.05, 4.69) is 37.5 Å². The van der Waals surface area contributed by atoms with Gasteiger partial charge in [-0.3, -0.25) is 0 Å². The first-order chi connectivity index (χ1) is 3.50. The van der Waals surface area contributed by atoms with E-state index in [1.54, 1.807) is 0 Å². The molecule has 0 heterocycles. The maximum Gasteiger partial charge on any atom is 0 e. The summed E-state index contributed by atoms with van der Waals surface area (Å²) in [6, 6.07) is 0. The van der Waals surface area contributed by atoms with Crippen molar-refractivity contribution in [1.29, 1.82) is 0 Å². The van der Waals surface area contributed by atoms with Crippen LogP contribution in [0.5, 0.6) is 0 Å². The van der Waals surface area contributed by atoms with E-state index in [4.69, 9.17) is 0 Å². The van der Waals surface area contributed by atoms with Crippen LogP contribution >= 0.6 is 0 Å². The van der Waals surface area contributed by atoms with Gasteiger partial charge in [0.2, 0.25) is 0 Å². The molecule has 0 saturated carbocycles. The molecule has 0 aromatic rings. The molecule has 0 saturated heterocycles. The van der Waals surface area contributed by atoms with Gasteiger partial charge in [0.1, 0.15) is 0 Å². The molecular weight excluding hydrogens is 175 g/mol. The molecule has 1 heteroatoms. The molecule has 0 aromatic heterocycles. The van der Waals surface area contributed by atoms with Crippen LogP contribution in [-0.4, -0.2) is 0 Å². The summed E-state index contributed by atoms with van der Waals surface area (Å²) >= 11 is 0. The molecule has 0 aromatic carbocycles. The number of allylic oxidation sites excluding steroid dienone is 4. The van der Waals surface area contributed by atoms with Gasteiger partial charge in [0, 0.05) is 26.2 Å². The van der Waals surface area contributed by atoms with Crippen LogP contribution in [0.15, 0.2) is 37.5 Å². The molecule has 0 unspecified atom stereocenters. The van der Waals surface area contributed by atoms with Gasteiger partial charge in [0.15, 0.2) is 0 Å². The molecule has 1 aliphatic carbocycles. The smallest absolute Gasteiger partial charge is 0 e. The number of hydrogen-bond acceptors (Lipinski definition) is 0. The maximum atomic E-state index is 3.00. The van der Waals surface area contributed by atoms with E-state index in [0.717, 1.165) is 6.42 Å². The van der Waals surface area contributed by atoms with Gasteiger partial charge in [-0.15, -0.1) is 13.2 Å². The molecule has 1 rings (SSSR count). The average Bonchev–Trinajstić information content (AvgIpc) is 2.23. The zero-order valence-corrected chi connectivity index (χ0v) is 7.39. The van der Waals surface area contributed by atoms with Crippen LogP contribution in [0.2, 0.25) is 0 Å². The standard InChI is InChI=1S/C5H6.C2H4.Zr/c1-2-4-5-3-1;1-2;/h1-4H,5H2;1-2H2;. The zero-order chi connectivity index (χ0) is 5.54. The van der Waals surface area contributed by atoms with Gasteiger partial charge in [-0.25, -0.2) is 0 Å². The molecular formula is C7H10Zr. The summed E-state index contributed by atoms with van der Waals surface area (Å²) in [7, 11) is 0. The van der Waals surface area contributed by atoms with Crippen LogP contribution in [0, 0.1) is 0 Å². The molecule has 8 heavy (non-hydrogen) atoms. The van der Waals surface area contributed by atoms with Crippen molar-refractivity contribution in [1.82, 2.24) is 0 Å². The molecule has 0 atom stereocenters. The molecule has 0 bridgehead atoms. The second kappa shape index (κ2) is 10.2. The van der Waals surface area contributed by atoms with Crippen LogP contribution in [0.25, 0.3) is 0 Å². The molecule has 0 nitrogen and oxygen atoms in total. The molecule has 42 valence electrons. The Kier molecular flexibility index (Phi) is 13.9. The van der Waals surface area contributed by atoms with E-state index in [0.29, 0.717) is 0 Å². The topological polar surface area (TPSA) is 0 Å². The summed E-state index contributed by atoms with van der Waals surface area (Å²) in [5.41, 5.74) is 0. The van der Waals surface area contributed by atoms with Gasteiger partial charge in [-0.1, -0.05) is 24.3 Å². The van der Waals surface area contributed by atoms with Crippen molar-refractivity contribution in [3.05, 3.63) is 37.5 Å². The fourth-order valence-electron chi connectivity index (χ4n) is 0.393. The Morgan fingerprint density at radius 1 is 1.00 bits per heavy atom. The van der Waals surface area contributed by atoms with Crippen LogP contribution in [-0.2, 0) is 26.2 Å². The van der Waals surface area contributed by atoms with Crippen molar-refractivity contribution in [2.24, 2.45) is 0 Å². The van der Waals surface area contributed by atoms with E-state index in [-0.39, 0.29) is 26.2 Å². The second-order valence-corrected chi connectivity index (χ2v) is 1.09. The van der Waals surface area contributed by atoms with Crippen LogP contribution in [0.4, 0.5) is 0 Å². The van der Waals surface area contributed by atoms with Crippen molar-refractivity contribution >= 4 is 0 Å². The zero-order valence-electron chi connectivity index (χ0n) is 4.93. The number of hydrogen-bond donors (Lipinski definition) is 0. The Bertz CT molecular complexity index is 72.4. The van der Waals surface area contributed by atoms with E-state index in [9.17, 15) is 0 Å². The fraction of sp³-hybridized carbons (Fsp3) is 0.143. The predicted octanol–water partition coefficient (Wildman–Crippen LogP) is 2.30. The third-order valence-corrected chi connectivity index (χ3v) is 0.655. The average molecular weight is 185 g/mol. The largest absolute Gasteiger partial charge is 0.106 e. The van der Waals surface area contributed by atoms with Crippen LogP contribution in [0.1, 0.15) is 6.42 Å². The van der Waals surface area contributed by atoms with Gasteiger partial charge >= 0.3 is 0 Å². The van der Waals surface area contributed by atoms with Gasteiger partial charge in [0.25, 0.3) is 0 Å². The Morgan fingerprint density at radius 3 is 1.50 bits per heavy atom. The van der Waals surface area contributed by atoms with Gasteiger partial charge < -0.3 is 0 Å². The van der Waals surface area contributed by atoms with Gasteiger partial charge in [-0.05, 0) is 6.42 Å². The second-order valence-electron chi connectivity index (χ2n) is 1.09. The summed E-state index contributed by atoms with van der Waals surface area (Å²) in [6.45, 7) is 6.00. The summed E-state index contributed by atoms with van der Waals surface area (Å²) in [6.07, 6.45) is 9.50. The van der Waals surface area contributed by atoms with Crippen molar-refractivity contribution in [2.75, 3.05) is 0 Å². The summed E-state index contributed by atoms with van der Waals surface area (Å²) < 4.78 is 0. The Hall–Kier alpha value is 0.103. The van der Waals surface area contributed by atoms with E-state index in [1.165, 1.54) is 0 Å². The SMILES string of the molecule is C1=CCC=C1.C=C.[Zr]. The summed E-state index contributed by atoms with van der Waals surface area (Å²) in [4.78, 5) is 0. The van der Waals surface area contributed by atoms with E-state index >= 15 is 0 Å². The molecule has 1 aliphatic rings. The minimum absolute atomic E-state index is 0. The van der Waals surface area contributed by atoms with Crippen molar-refractivity contribution in [3.8, 4) is 0 Å². The minimum Gasteiger partial charge on any atom is -0.106 e. The predicted molar refractivity (Wildman–Crippen MR) is 34.2 cm³/mol. The summed E-state index contributed by atoms with van der Waals surface area (Å²) in [5.74, 6) is 0. The fourth-order valence-corrected chi connectivity index (χ4v) is 0.393. The van der Waals surface area contributed by atoms with Crippen molar-refractivity contribution < 1.29 is 26.2 Å². The molecule has 0 spiro atoms. The van der Waals surface area contributed by atoms with Crippen molar-refractivity contribution in [2.45, 2.75) is 6.42 Å².